The smallest absolute Gasteiger partial charge is 0.170 e. The zero-order valence-corrected chi connectivity index (χ0v) is 12.3. The summed E-state index contributed by atoms with van der Waals surface area (Å²) >= 11 is 5.30. The maximum Gasteiger partial charge on any atom is 0.170 e. The summed E-state index contributed by atoms with van der Waals surface area (Å²) in [5.74, 6) is 0. The predicted molar refractivity (Wildman–Crippen MR) is 84.2 cm³/mol. The fraction of sp³-hybridized carbons (Fsp3) is 0.533. The molecule has 0 aliphatic rings. The number of benzene rings is 1. The molecule has 0 aliphatic heterocycles. The van der Waals surface area contributed by atoms with E-state index in [9.17, 15) is 0 Å². The molecule has 0 saturated heterocycles. The number of nitrogens with one attached hydrogen (secondary N) is 2. The van der Waals surface area contributed by atoms with E-state index in [2.05, 4.69) is 42.7 Å². The molecule has 100 valence electrons. The van der Waals surface area contributed by atoms with Gasteiger partial charge in [-0.25, -0.2) is 0 Å². The molecule has 0 fully saturated rings. The number of thiocarbonyl (C=S) groups is 1. The van der Waals surface area contributed by atoms with Crippen LogP contribution in [0.5, 0.6) is 0 Å². The van der Waals surface area contributed by atoms with E-state index in [0.29, 0.717) is 0 Å². The zero-order valence-electron chi connectivity index (χ0n) is 11.5. The Morgan fingerprint density at radius 3 is 2.56 bits per heavy atom. The van der Waals surface area contributed by atoms with Crippen LogP contribution in [0.2, 0.25) is 0 Å². The number of para-hydroxylation sites is 1. The van der Waals surface area contributed by atoms with Crippen LogP contribution in [0.3, 0.4) is 0 Å². The molecule has 2 nitrogen and oxygen atoms in total. The van der Waals surface area contributed by atoms with Crippen molar-refractivity contribution in [2.24, 2.45) is 0 Å². The van der Waals surface area contributed by atoms with E-state index >= 15 is 0 Å². The van der Waals surface area contributed by atoms with Crippen LogP contribution in [0, 0.1) is 0 Å². The standard InChI is InChI=1S/C15H24N2S/c1-3-5-9-13-10-7-8-11-14(13)17-15(18)16-12-6-4-2/h7-8,10-11H,3-6,9,12H2,1-2H3,(H2,16,17,18). The van der Waals surface area contributed by atoms with Crippen LogP contribution in [-0.4, -0.2) is 11.7 Å². The maximum atomic E-state index is 5.30. The molecule has 1 aromatic carbocycles. The lowest BCUT2D eigenvalue weighted by molar-refractivity contribution is 0.758. The van der Waals surface area contributed by atoms with Crippen LogP contribution in [-0.2, 0) is 6.42 Å². The number of anilines is 1. The molecular formula is C15H24N2S. The summed E-state index contributed by atoms with van der Waals surface area (Å²) in [5, 5.41) is 7.26. The second-order valence-corrected chi connectivity index (χ2v) is 4.90. The van der Waals surface area contributed by atoms with Crippen molar-refractivity contribution in [3.63, 3.8) is 0 Å². The molecule has 0 amide bonds. The highest BCUT2D eigenvalue weighted by Crippen LogP contribution is 2.17. The predicted octanol–water partition coefficient (Wildman–Crippen LogP) is 4.12. The summed E-state index contributed by atoms with van der Waals surface area (Å²) in [7, 11) is 0. The summed E-state index contributed by atoms with van der Waals surface area (Å²) in [6.45, 7) is 5.34. The fourth-order valence-corrected chi connectivity index (χ4v) is 1.98. The monoisotopic (exact) mass is 264 g/mol. The van der Waals surface area contributed by atoms with Gasteiger partial charge in [-0.15, -0.1) is 0 Å². The van der Waals surface area contributed by atoms with Crippen molar-refractivity contribution < 1.29 is 0 Å². The topological polar surface area (TPSA) is 24.1 Å². The Hall–Kier alpha value is -1.09. The minimum absolute atomic E-state index is 0.729. The first kappa shape index (κ1) is 15.0. The van der Waals surface area contributed by atoms with Gasteiger partial charge in [-0.3, -0.25) is 0 Å². The molecule has 2 N–H and O–H groups in total. The van der Waals surface area contributed by atoms with Crippen LogP contribution in [0.1, 0.15) is 45.1 Å². The van der Waals surface area contributed by atoms with Gasteiger partial charge in [0.25, 0.3) is 0 Å². The number of rotatable bonds is 7. The van der Waals surface area contributed by atoms with E-state index in [0.717, 1.165) is 30.2 Å². The molecule has 0 bridgehead atoms. The lowest BCUT2D eigenvalue weighted by Crippen LogP contribution is -2.29. The molecule has 0 saturated carbocycles. The number of unbranched alkanes of at least 4 members (excludes halogenated alkanes) is 2. The van der Waals surface area contributed by atoms with Gasteiger partial charge < -0.3 is 10.6 Å². The first-order valence-electron chi connectivity index (χ1n) is 6.90. The zero-order chi connectivity index (χ0) is 13.2. The van der Waals surface area contributed by atoms with Gasteiger partial charge in [0.1, 0.15) is 0 Å². The highest BCUT2D eigenvalue weighted by Gasteiger charge is 2.02. The van der Waals surface area contributed by atoms with Gasteiger partial charge in [-0.2, -0.15) is 0 Å². The average molecular weight is 264 g/mol. The van der Waals surface area contributed by atoms with Crippen molar-refractivity contribution in [1.82, 2.24) is 5.32 Å². The van der Waals surface area contributed by atoms with Gasteiger partial charge >= 0.3 is 0 Å². The lowest BCUT2D eigenvalue weighted by Gasteiger charge is -2.13. The van der Waals surface area contributed by atoms with Crippen LogP contribution < -0.4 is 10.6 Å². The second kappa shape index (κ2) is 8.92. The Morgan fingerprint density at radius 1 is 1.11 bits per heavy atom. The third-order valence-electron chi connectivity index (χ3n) is 2.88. The summed E-state index contributed by atoms with van der Waals surface area (Å²) in [6.07, 6.45) is 5.88. The molecule has 0 heterocycles. The summed E-state index contributed by atoms with van der Waals surface area (Å²) in [4.78, 5) is 0. The molecule has 1 rings (SSSR count). The van der Waals surface area contributed by atoms with Crippen LogP contribution in [0.4, 0.5) is 5.69 Å². The van der Waals surface area contributed by atoms with Gasteiger partial charge in [-0.05, 0) is 43.1 Å². The highest BCUT2D eigenvalue weighted by atomic mass is 32.1. The molecule has 0 aromatic heterocycles. The summed E-state index contributed by atoms with van der Waals surface area (Å²) in [6, 6.07) is 8.40. The van der Waals surface area contributed by atoms with E-state index in [1.807, 2.05) is 6.07 Å². The highest BCUT2D eigenvalue weighted by molar-refractivity contribution is 7.80. The summed E-state index contributed by atoms with van der Waals surface area (Å²) < 4.78 is 0. The van der Waals surface area contributed by atoms with Gasteiger partial charge in [0.15, 0.2) is 5.11 Å². The second-order valence-electron chi connectivity index (χ2n) is 4.50. The third kappa shape index (κ3) is 5.50. The molecule has 3 heteroatoms. The van der Waals surface area contributed by atoms with Crippen molar-refractivity contribution in [3.8, 4) is 0 Å². The molecule has 0 radical (unpaired) electrons. The van der Waals surface area contributed by atoms with E-state index in [1.165, 1.54) is 24.8 Å². The maximum absolute atomic E-state index is 5.30. The van der Waals surface area contributed by atoms with Gasteiger partial charge in [0, 0.05) is 12.2 Å². The quantitative estimate of drug-likeness (QED) is 0.572. The Balaban J connectivity index is 2.51. The van der Waals surface area contributed by atoms with E-state index in [-0.39, 0.29) is 0 Å². The minimum Gasteiger partial charge on any atom is -0.362 e. The Labute approximate surface area is 116 Å². The van der Waals surface area contributed by atoms with Crippen LogP contribution >= 0.6 is 12.2 Å². The Bertz CT molecular complexity index is 363. The molecule has 0 unspecified atom stereocenters. The first-order chi connectivity index (χ1) is 8.77. The van der Waals surface area contributed by atoms with Crippen molar-refractivity contribution >= 4 is 23.0 Å². The van der Waals surface area contributed by atoms with Gasteiger partial charge in [-0.1, -0.05) is 44.9 Å². The molecule has 0 spiro atoms. The molecule has 1 aromatic rings. The molecule has 0 aliphatic carbocycles. The van der Waals surface area contributed by atoms with E-state index in [4.69, 9.17) is 12.2 Å². The summed E-state index contributed by atoms with van der Waals surface area (Å²) in [5.41, 5.74) is 2.49. The largest absolute Gasteiger partial charge is 0.362 e. The van der Waals surface area contributed by atoms with Crippen molar-refractivity contribution in [2.75, 3.05) is 11.9 Å². The lowest BCUT2D eigenvalue weighted by atomic mass is 10.1. The first-order valence-corrected chi connectivity index (χ1v) is 7.31. The Morgan fingerprint density at radius 2 is 1.83 bits per heavy atom. The van der Waals surface area contributed by atoms with Gasteiger partial charge in [0.2, 0.25) is 0 Å². The number of hydrogen-bond acceptors (Lipinski definition) is 1. The van der Waals surface area contributed by atoms with Crippen molar-refractivity contribution in [3.05, 3.63) is 29.8 Å². The molecule has 0 atom stereocenters. The molecule has 18 heavy (non-hydrogen) atoms. The fourth-order valence-electron chi connectivity index (χ4n) is 1.77. The van der Waals surface area contributed by atoms with Crippen LogP contribution in [0.25, 0.3) is 0 Å². The SMILES string of the molecule is CCCCNC(=S)Nc1ccccc1CCCC. The third-order valence-corrected chi connectivity index (χ3v) is 3.13. The van der Waals surface area contributed by atoms with E-state index < -0.39 is 0 Å². The number of aryl methyl sites for hydroxylation is 1. The van der Waals surface area contributed by atoms with Crippen molar-refractivity contribution in [1.29, 1.82) is 0 Å². The minimum atomic E-state index is 0.729. The normalized spacial score (nSPS) is 10.1. The Kier molecular flexibility index (Phi) is 7.42. The van der Waals surface area contributed by atoms with Crippen LogP contribution in [0.15, 0.2) is 24.3 Å². The average Bonchev–Trinajstić information content (AvgIpc) is 2.38. The van der Waals surface area contributed by atoms with Gasteiger partial charge in [0.05, 0.1) is 0 Å². The number of hydrogen-bond donors (Lipinski definition) is 2. The van der Waals surface area contributed by atoms with E-state index in [1.54, 1.807) is 0 Å². The van der Waals surface area contributed by atoms with Crippen molar-refractivity contribution in [2.45, 2.75) is 46.0 Å². The molecular weight excluding hydrogens is 240 g/mol.